The highest BCUT2D eigenvalue weighted by atomic mass is 15.1. The molecule has 1 unspecified atom stereocenters. The highest BCUT2D eigenvalue weighted by molar-refractivity contribution is 6.09. The minimum atomic E-state index is 0.282. The van der Waals surface area contributed by atoms with E-state index in [0.29, 0.717) is 0 Å². The molecule has 0 saturated heterocycles. The molecule has 1 atom stereocenters. The first-order valence-corrected chi connectivity index (χ1v) is 20.5. The third-order valence-electron chi connectivity index (χ3n) is 12.2. The number of aromatic nitrogens is 1. The summed E-state index contributed by atoms with van der Waals surface area (Å²) in [6.07, 6.45) is 14.9. The van der Waals surface area contributed by atoms with Crippen molar-refractivity contribution in [2.24, 2.45) is 0 Å². The molecule has 0 fully saturated rings. The van der Waals surface area contributed by atoms with Gasteiger partial charge in [0.1, 0.15) is 0 Å². The van der Waals surface area contributed by atoms with Gasteiger partial charge in [-0.3, -0.25) is 0 Å². The maximum absolute atomic E-state index is 2.47. The van der Waals surface area contributed by atoms with Crippen molar-refractivity contribution in [1.29, 1.82) is 0 Å². The molecular formula is C56H42N2. The first-order chi connectivity index (χ1) is 28.8. The van der Waals surface area contributed by atoms with Crippen molar-refractivity contribution in [1.82, 2.24) is 4.57 Å². The second kappa shape index (κ2) is 14.4. The number of hydrogen-bond acceptors (Lipinski definition) is 1. The third kappa shape index (κ3) is 5.88. The molecule has 0 spiro atoms. The summed E-state index contributed by atoms with van der Waals surface area (Å²) < 4.78 is 2.47. The molecule has 0 N–H and O–H groups in total. The van der Waals surface area contributed by atoms with E-state index in [1.54, 1.807) is 0 Å². The summed E-state index contributed by atoms with van der Waals surface area (Å²) in [5.41, 5.74) is 14.9. The van der Waals surface area contributed by atoms with Gasteiger partial charge >= 0.3 is 0 Å². The second-order valence-electron chi connectivity index (χ2n) is 15.5. The van der Waals surface area contributed by atoms with Crippen molar-refractivity contribution < 1.29 is 0 Å². The molecule has 9 aromatic rings. The van der Waals surface area contributed by atoms with Crippen molar-refractivity contribution >= 4 is 49.9 Å². The van der Waals surface area contributed by atoms with Gasteiger partial charge in [0, 0.05) is 39.6 Å². The summed E-state index contributed by atoms with van der Waals surface area (Å²) in [6.45, 7) is 0. The lowest BCUT2D eigenvalue weighted by atomic mass is 9.86. The SMILES string of the molecule is C1=Cc2c(c3ccccc3n2-c2ccccc2-c2ccc(N(C3=CCC(c4cc5ccccc5c5ccccc45)C=C3)c3ccc(-c4ccccc4)cc3)cc2)CC1. The van der Waals surface area contributed by atoms with E-state index in [0.717, 1.165) is 30.6 Å². The van der Waals surface area contributed by atoms with Crippen LogP contribution in [0.5, 0.6) is 0 Å². The van der Waals surface area contributed by atoms with Crippen molar-refractivity contribution in [2.75, 3.05) is 4.90 Å². The zero-order valence-corrected chi connectivity index (χ0v) is 32.3. The molecule has 58 heavy (non-hydrogen) atoms. The van der Waals surface area contributed by atoms with Gasteiger partial charge in [0.05, 0.1) is 11.2 Å². The van der Waals surface area contributed by atoms with Gasteiger partial charge in [-0.15, -0.1) is 0 Å². The molecule has 0 amide bonds. The van der Waals surface area contributed by atoms with Gasteiger partial charge in [-0.1, -0.05) is 158 Å². The Morgan fingerprint density at radius 1 is 0.517 bits per heavy atom. The van der Waals surface area contributed by atoms with Gasteiger partial charge < -0.3 is 9.47 Å². The van der Waals surface area contributed by atoms with Gasteiger partial charge in [0.15, 0.2) is 0 Å². The van der Waals surface area contributed by atoms with Crippen LogP contribution in [0.15, 0.2) is 212 Å². The average Bonchev–Trinajstić information content (AvgIpc) is 3.64. The summed E-state index contributed by atoms with van der Waals surface area (Å²) in [6, 6.07) is 66.6. The van der Waals surface area contributed by atoms with Crippen molar-refractivity contribution in [3.05, 3.63) is 229 Å². The molecule has 2 nitrogen and oxygen atoms in total. The molecule has 8 aromatic carbocycles. The van der Waals surface area contributed by atoms with Gasteiger partial charge in [-0.25, -0.2) is 0 Å². The van der Waals surface area contributed by atoms with Gasteiger partial charge in [-0.05, 0) is 123 Å². The predicted octanol–water partition coefficient (Wildman–Crippen LogP) is 15.0. The number of allylic oxidation sites excluding steroid dienone is 4. The quantitative estimate of drug-likeness (QED) is 0.148. The molecule has 0 saturated carbocycles. The first kappa shape index (κ1) is 34.1. The Morgan fingerprint density at radius 3 is 1.93 bits per heavy atom. The van der Waals surface area contributed by atoms with Crippen LogP contribution in [0.1, 0.15) is 35.6 Å². The Bertz CT molecular complexity index is 3070. The van der Waals surface area contributed by atoms with Crippen LogP contribution >= 0.6 is 0 Å². The van der Waals surface area contributed by atoms with Crippen LogP contribution in [0.25, 0.3) is 66.5 Å². The maximum Gasteiger partial charge on any atom is 0.0540 e. The van der Waals surface area contributed by atoms with Crippen LogP contribution in [0.4, 0.5) is 11.4 Å². The summed E-state index contributed by atoms with van der Waals surface area (Å²) in [7, 11) is 0. The normalized spacial score (nSPS) is 14.8. The van der Waals surface area contributed by atoms with E-state index in [1.807, 2.05) is 0 Å². The topological polar surface area (TPSA) is 8.17 Å². The summed E-state index contributed by atoms with van der Waals surface area (Å²) in [4.78, 5) is 2.41. The van der Waals surface area contributed by atoms with Gasteiger partial charge in [0.2, 0.25) is 0 Å². The molecule has 2 aliphatic carbocycles. The number of hydrogen-bond donors (Lipinski definition) is 0. The van der Waals surface area contributed by atoms with E-state index in [1.165, 1.54) is 82.9 Å². The van der Waals surface area contributed by atoms with E-state index in [-0.39, 0.29) is 5.92 Å². The van der Waals surface area contributed by atoms with Crippen LogP contribution < -0.4 is 4.90 Å². The predicted molar refractivity (Wildman–Crippen MR) is 246 cm³/mol. The standard InChI is InChI=1S/C56H42N2/c1-2-14-39(15-3-1)40-26-32-44(33-27-40)57(46-36-30-42(31-37-46)53-38-43-16-4-5-17-47(43)49-19-6-7-20-50(49)53)45-34-28-41(29-35-45)48-18-8-11-23-54(48)58-55-24-12-9-21-51(55)52-22-10-13-25-56(52)58/h1-9,11-21,23-30,32-38,42H,10,22,31H2. The number of para-hydroxylation sites is 2. The van der Waals surface area contributed by atoms with E-state index in [4.69, 9.17) is 0 Å². The zero-order chi connectivity index (χ0) is 38.4. The molecule has 2 aliphatic rings. The molecule has 0 aliphatic heterocycles. The largest absolute Gasteiger partial charge is 0.311 e. The fourth-order valence-electron chi connectivity index (χ4n) is 9.43. The fourth-order valence-corrected chi connectivity index (χ4v) is 9.43. The molecular weight excluding hydrogens is 701 g/mol. The molecule has 0 bridgehead atoms. The van der Waals surface area contributed by atoms with E-state index in [2.05, 4.69) is 222 Å². The van der Waals surface area contributed by atoms with Crippen molar-refractivity contribution in [3.63, 3.8) is 0 Å². The fraction of sp³-hybridized carbons (Fsp3) is 0.0714. The molecule has 11 rings (SSSR count). The van der Waals surface area contributed by atoms with Gasteiger partial charge in [-0.2, -0.15) is 0 Å². The Balaban J connectivity index is 0.978. The van der Waals surface area contributed by atoms with Crippen molar-refractivity contribution in [3.8, 4) is 27.9 Å². The number of aryl methyl sites for hydroxylation is 1. The number of benzene rings is 8. The second-order valence-corrected chi connectivity index (χ2v) is 15.5. The Kier molecular flexibility index (Phi) is 8.47. The molecule has 0 radical (unpaired) electrons. The highest BCUT2D eigenvalue weighted by Gasteiger charge is 2.22. The van der Waals surface area contributed by atoms with Crippen LogP contribution in [0.3, 0.4) is 0 Å². The smallest absolute Gasteiger partial charge is 0.0540 e. The minimum Gasteiger partial charge on any atom is -0.311 e. The summed E-state index contributed by atoms with van der Waals surface area (Å²) in [5, 5.41) is 6.61. The Morgan fingerprint density at radius 2 is 1.16 bits per heavy atom. The third-order valence-corrected chi connectivity index (χ3v) is 12.2. The maximum atomic E-state index is 2.47. The minimum absolute atomic E-state index is 0.282. The highest BCUT2D eigenvalue weighted by Crippen LogP contribution is 2.42. The number of anilines is 2. The van der Waals surface area contributed by atoms with Crippen molar-refractivity contribution in [2.45, 2.75) is 25.2 Å². The molecule has 1 aromatic heterocycles. The monoisotopic (exact) mass is 742 g/mol. The number of fused-ring (bicyclic) bond motifs is 6. The number of nitrogens with zero attached hydrogens (tertiary/aromatic N) is 2. The van der Waals surface area contributed by atoms with E-state index >= 15 is 0 Å². The average molecular weight is 743 g/mol. The van der Waals surface area contributed by atoms with Crippen LogP contribution in [0.2, 0.25) is 0 Å². The molecule has 2 heteroatoms. The lowest BCUT2D eigenvalue weighted by Gasteiger charge is -2.30. The zero-order valence-electron chi connectivity index (χ0n) is 32.3. The van der Waals surface area contributed by atoms with Gasteiger partial charge in [0.25, 0.3) is 0 Å². The van der Waals surface area contributed by atoms with E-state index in [9.17, 15) is 0 Å². The Labute approximate surface area is 340 Å². The van der Waals surface area contributed by atoms with Crippen LogP contribution in [0, 0.1) is 0 Å². The summed E-state index contributed by atoms with van der Waals surface area (Å²) >= 11 is 0. The lowest BCUT2D eigenvalue weighted by Crippen LogP contribution is -2.17. The Hall–Kier alpha value is -7.16. The lowest BCUT2D eigenvalue weighted by molar-refractivity contribution is 0.848. The van der Waals surface area contributed by atoms with E-state index < -0.39 is 0 Å². The van der Waals surface area contributed by atoms with Crippen LogP contribution in [-0.2, 0) is 6.42 Å². The summed E-state index contributed by atoms with van der Waals surface area (Å²) in [5.74, 6) is 0.282. The number of rotatable bonds is 7. The van der Waals surface area contributed by atoms with Crippen LogP contribution in [-0.4, -0.2) is 4.57 Å². The molecule has 276 valence electrons. The molecule has 1 heterocycles. The first-order valence-electron chi connectivity index (χ1n) is 20.5.